The Kier molecular flexibility index (Phi) is 5.01. The van der Waals surface area contributed by atoms with Crippen LogP contribution in [-0.4, -0.2) is 34.7 Å². The summed E-state index contributed by atoms with van der Waals surface area (Å²) >= 11 is 0. The number of hydrogen-bond acceptors (Lipinski definition) is 6. The summed E-state index contributed by atoms with van der Waals surface area (Å²) in [5.41, 5.74) is 3.73. The van der Waals surface area contributed by atoms with Crippen molar-refractivity contribution in [3.8, 4) is 6.07 Å². The van der Waals surface area contributed by atoms with Crippen molar-refractivity contribution in [1.82, 2.24) is 15.8 Å². The fourth-order valence-electron chi connectivity index (χ4n) is 1.94. The highest BCUT2D eigenvalue weighted by Crippen LogP contribution is 2.08. The Bertz CT molecular complexity index is 489. The standard InChI is InChI=1S/C13H16N4O3/c14-5-10-3-4-11(7-16-10)17-20-8-12-2-1-9(6-15-12)13(18)19/h1-2,6,10-11,16-17H,3-4,7-8H2,(H,18,19)/t10-,11?/m0/s1. The quantitative estimate of drug-likeness (QED) is 0.670. The van der Waals surface area contributed by atoms with Gasteiger partial charge in [0.25, 0.3) is 0 Å². The van der Waals surface area contributed by atoms with Crippen molar-refractivity contribution in [1.29, 1.82) is 5.26 Å². The molecule has 3 N–H and O–H groups in total. The van der Waals surface area contributed by atoms with Gasteiger partial charge in [-0.2, -0.15) is 10.7 Å². The second-order valence-corrected chi connectivity index (χ2v) is 4.61. The van der Waals surface area contributed by atoms with Crippen LogP contribution in [0.4, 0.5) is 0 Å². The lowest BCUT2D eigenvalue weighted by Gasteiger charge is -2.26. The molecule has 0 aliphatic carbocycles. The molecular formula is C13H16N4O3. The third kappa shape index (κ3) is 3.99. The predicted molar refractivity (Wildman–Crippen MR) is 69.5 cm³/mol. The van der Waals surface area contributed by atoms with E-state index in [-0.39, 0.29) is 24.3 Å². The summed E-state index contributed by atoms with van der Waals surface area (Å²) in [5, 5.41) is 20.6. The first-order chi connectivity index (χ1) is 9.69. The zero-order valence-electron chi connectivity index (χ0n) is 10.9. The fraction of sp³-hybridized carbons (Fsp3) is 0.462. The number of aromatic carboxylic acids is 1. The summed E-state index contributed by atoms with van der Waals surface area (Å²) < 4.78 is 0. The number of carbonyl (C=O) groups is 1. The van der Waals surface area contributed by atoms with Crippen LogP contribution in [0.5, 0.6) is 0 Å². The van der Waals surface area contributed by atoms with E-state index in [2.05, 4.69) is 21.9 Å². The van der Waals surface area contributed by atoms with Crippen LogP contribution < -0.4 is 10.8 Å². The van der Waals surface area contributed by atoms with Crippen LogP contribution in [0.25, 0.3) is 0 Å². The smallest absolute Gasteiger partial charge is 0.337 e. The van der Waals surface area contributed by atoms with E-state index in [0.717, 1.165) is 12.8 Å². The van der Waals surface area contributed by atoms with E-state index in [1.807, 2.05) is 0 Å². The van der Waals surface area contributed by atoms with Crippen molar-refractivity contribution >= 4 is 5.97 Å². The van der Waals surface area contributed by atoms with Gasteiger partial charge in [-0.1, -0.05) is 0 Å². The average molecular weight is 276 g/mol. The summed E-state index contributed by atoms with van der Waals surface area (Å²) in [6, 6.07) is 5.39. The number of piperidine rings is 1. The number of hydroxylamine groups is 1. The molecule has 0 amide bonds. The van der Waals surface area contributed by atoms with E-state index in [1.54, 1.807) is 6.07 Å². The van der Waals surface area contributed by atoms with Crippen molar-refractivity contribution in [2.75, 3.05) is 6.54 Å². The third-order valence-electron chi connectivity index (χ3n) is 3.11. The molecule has 1 saturated heterocycles. The summed E-state index contributed by atoms with van der Waals surface area (Å²) in [7, 11) is 0. The lowest BCUT2D eigenvalue weighted by Crippen LogP contribution is -2.47. The van der Waals surface area contributed by atoms with Gasteiger partial charge < -0.3 is 10.4 Å². The van der Waals surface area contributed by atoms with Crippen LogP contribution in [-0.2, 0) is 11.4 Å². The van der Waals surface area contributed by atoms with Crippen molar-refractivity contribution < 1.29 is 14.7 Å². The van der Waals surface area contributed by atoms with E-state index >= 15 is 0 Å². The number of rotatable bonds is 5. The zero-order valence-corrected chi connectivity index (χ0v) is 10.9. The van der Waals surface area contributed by atoms with Crippen LogP contribution in [0, 0.1) is 11.3 Å². The molecule has 20 heavy (non-hydrogen) atoms. The molecule has 2 atom stereocenters. The SMILES string of the molecule is N#C[C@@H]1CCC(NOCc2ccc(C(=O)O)cn2)CN1. The Labute approximate surface area is 116 Å². The monoisotopic (exact) mass is 276 g/mol. The average Bonchev–Trinajstić information content (AvgIpc) is 2.48. The van der Waals surface area contributed by atoms with E-state index in [1.165, 1.54) is 12.3 Å². The molecule has 1 aromatic heterocycles. The van der Waals surface area contributed by atoms with Gasteiger partial charge in [-0.3, -0.25) is 9.82 Å². The molecule has 0 radical (unpaired) electrons. The lowest BCUT2D eigenvalue weighted by atomic mass is 10.0. The van der Waals surface area contributed by atoms with Crippen LogP contribution in [0.3, 0.4) is 0 Å². The number of pyridine rings is 1. The van der Waals surface area contributed by atoms with Crippen LogP contribution in [0.1, 0.15) is 28.9 Å². The second kappa shape index (κ2) is 6.96. The van der Waals surface area contributed by atoms with Gasteiger partial charge in [0.05, 0.1) is 23.4 Å². The molecule has 2 rings (SSSR count). The van der Waals surface area contributed by atoms with E-state index < -0.39 is 5.97 Å². The van der Waals surface area contributed by atoms with Gasteiger partial charge in [-0.05, 0) is 25.0 Å². The van der Waals surface area contributed by atoms with Gasteiger partial charge in [0, 0.05) is 18.8 Å². The number of carboxylic acids is 1. The van der Waals surface area contributed by atoms with Crippen LogP contribution in [0.15, 0.2) is 18.3 Å². The molecule has 0 bridgehead atoms. The van der Waals surface area contributed by atoms with E-state index in [4.69, 9.17) is 15.2 Å². The normalized spacial score (nSPS) is 22.1. The van der Waals surface area contributed by atoms with Crippen LogP contribution in [0.2, 0.25) is 0 Å². The van der Waals surface area contributed by atoms with Gasteiger partial charge in [0.1, 0.15) is 6.61 Å². The predicted octanol–water partition coefficient (Wildman–Crippen LogP) is 0.445. The number of aromatic nitrogens is 1. The van der Waals surface area contributed by atoms with Crippen LogP contribution >= 0.6 is 0 Å². The summed E-state index contributed by atoms with van der Waals surface area (Å²) in [6.07, 6.45) is 2.97. The van der Waals surface area contributed by atoms with Crippen molar-refractivity contribution in [2.45, 2.75) is 31.5 Å². The molecule has 7 nitrogen and oxygen atoms in total. The molecule has 106 valence electrons. The molecule has 0 spiro atoms. The largest absolute Gasteiger partial charge is 0.478 e. The Balaban J connectivity index is 1.71. The second-order valence-electron chi connectivity index (χ2n) is 4.61. The summed E-state index contributed by atoms with van der Waals surface area (Å²) in [6.45, 7) is 0.946. The first kappa shape index (κ1) is 14.4. The minimum Gasteiger partial charge on any atom is -0.478 e. The fourth-order valence-corrected chi connectivity index (χ4v) is 1.94. The first-order valence-corrected chi connectivity index (χ1v) is 6.37. The molecular weight excluding hydrogens is 260 g/mol. The lowest BCUT2D eigenvalue weighted by molar-refractivity contribution is -0.00426. The minimum atomic E-state index is -0.997. The Hall–Kier alpha value is -2.01. The highest BCUT2D eigenvalue weighted by atomic mass is 16.6. The molecule has 7 heteroatoms. The molecule has 0 saturated carbocycles. The number of hydrogen-bond donors (Lipinski definition) is 3. The molecule has 1 unspecified atom stereocenters. The molecule has 1 aliphatic rings. The number of carboxylic acid groups (broad SMARTS) is 1. The van der Waals surface area contributed by atoms with Gasteiger partial charge in [0.2, 0.25) is 0 Å². The number of nitriles is 1. The summed E-state index contributed by atoms with van der Waals surface area (Å²) in [5.74, 6) is -0.997. The maximum Gasteiger partial charge on any atom is 0.337 e. The topological polar surface area (TPSA) is 107 Å². The van der Waals surface area contributed by atoms with E-state index in [9.17, 15) is 4.79 Å². The van der Waals surface area contributed by atoms with Gasteiger partial charge in [0.15, 0.2) is 0 Å². The third-order valence-corrected chi connectivity index (χ3v) is 3.11. The maximum atomic E-state index is 10.7. The Morgan fingerprint density at radius 1 is 1.60 bits per heavy atom. The first-order valence-electron chi connectivity index (χ1n) is 6.37. The number of nitrogens with one attached hydrogen (secondary N) is 2. The molecule has 0 aromatic carbocycles. The van der Waals surface area contributed by atoms with Gasteiger partial charge >= 0.3 is 5.97 Å². The van der Waals surface area contributed by atoms with Gasteiger partial charge in [-0.25, -0.2) is 4.79 Å². The maximum absolute atomic E-state index is 10.7. The van der Waals surface area contributed by atoms with Gasteiger partial charge in [-0.15, -0.1) is 0 Å². The summed E-state index contributed by atoms with van der Waals surface area (Å²) in [4.78, 5) is 20.0. The minimum absolute atomic E-state index is 0.0710. The number of nitrogens with zero attached hydrogens (tertiary/aromatic N) is 2. The molecule has 1 fully saturated rings. The highest BCUT2D eigenvalue weighted by molar-refractivity contribution is 5.87. The Morgan fingerprint density at radius 3 is 3.00 bits per heavy atom. The van der Waals surface area contributed by atoms with Crippen molar-refractivity contribution in [3.05, 3.63) is 29.6 Å². The molecule has 2 heterocycles. The highest BCUT2D eigenvalue weighted by Gasteiger charge is 2.19. The Morgan fingerprint density at radius 2 is 2.45 bits per heavy atom. The zero-order chi connectivity index (χ0) is 14.4. The molecule has 1 aliphatic heterocycles. The molecule has 1 aromatic rings. The van der Waals surface area contributed by atoms with Crippen molar-refractivity contribution in [3.63, 3.8) is 0 Å². The van der Waals surface area contributed by atoms with E-state index in [0.29, 0.717) is 12.2 Å². The van der Waals surface area contributed by atoms with Crippen molar-refractivity contribution in [2.24, 2.45) is 0 Å².